The fourth-order valence-electron chi connectivity index (χ4n) is 3.38. The number of pyridine rings is 1. The van der Waals surface area contributed by atoms with E-state index in [0.717, 1.165) is 38.5 Å². The number of hydrogen-bond acceptors (Lipinski definition) is 4. The third-order valence-electron chi connectivity index (χ3n) is 4.89. The molecule has 1 atom stereocenters. The first kappa shape index (κ1) is 19.5. The van der Waals surface area contributed by atoms with Crippen LogP contribution in [0.15, 0.2) is 48.7 Å². The molecule has 0 fully saturated rings. The van der Waals surface area contributed by atoms with Crippen LogP contribution in [0.5, 0.6) is 0 Å². The smallest absolute Gasteiger partial charge is 0.262 e. The van der Waals surface area contributed by atoms with Gasteiger partial charge in [0.2, 0.25) is 0 Å². The van der Waals surface area contributed by atoms with Crippen molar-refractivity contribution in [2.75, 3.05) is 6.54 Å². The number of halogens is 1. The number of aliphatic hydroxyl groups is 1. The molecule has 2 aromatic carbocycles. The zero-order valence-corrected chi connectivity index (χ0v) is 17.0. The van der Waals surface area contributed by atoms with Gasteiger partial charge in [-0.2, -0.15) is 0 Å². The Labute approximate surface area is 172 Å². The maximum Gasteiger partial charge on any atom is 0.262 e. The molecule has 0 spiro atoms. The van der Waals surface area contributed by atoms with Gasteiger partial charge in [-0.3, -0.25) is 9.78 Å². The average Bonchev–Trinajstić information content (AvgIpc) is 3.12. The largest absolute Gasteiger partial charge is 0.392 e. The molecule has 0 aliphatic heterocycles. The number of thiophene rings is 1. The average molecular weight is 408 g/mol. The predicted octanol–water partition coefficient (Wildman–Crippen LogP) is 4.93. The van der Waals surface area contributed by atoms with Gasteiger partial charge >= 0.3 is 0 Å². The second-order valence-electron chi connectivity index (χ2n) is 7.08. The third-order valence-corrected chi connectivity index (χ3v) is 6.13. The first-order chi connectivity index (χ1) is 14.0. The normalized spacial score (nSPS) is 12.4. The van der Waals surface area contributed by atoms with E-state index in [2.05, 4.69) is 29.4 Å². The molecule has 6 heteroatoms. The highest BCUT2D eigenvalue weighted by atomic mass is 32.1. The molecule has 4 aromatic rings. The maximum atomic E-state index is 13.5. The summed E-state index contributed by atoms with van der Waals surface area (Å²) >= 11 is 1.40. The van der Waals surface area contributed by atoms with Crippen molar-refractivity contribution in [1.82, 2.24) is 10.3 Å². The number of carbonyl (C=O) groups excluding carboxylic acids is 1. The van der Waals surface area contributed by atoms with E-state index in [1.54, 1.807) is 25.3 Å². The van der Waals surface area contributed by atoms with Crippen LogP contribution in [0.3, 0.4) is 0 Å². The zero-order chi connectivity index (χ0) is 20.5. The molecule has 4 nitrogen and oxygen atoms in total. The van der Waals surface area contributed by atoms with E-state index in [1.807, 2.05) is 6.07 Å². The molecule has 0 unspecified atom stereocenters. The molecule has 2 aromatic heterocycles. The summed E-state index contributed by atoms with van der Waals surface area (Å²) in [7, 11) is 0. The number of carbonyl (C=O) groups is 1. The number of fused-ring (bicyclic) bond motifs is 3. The van der Waals surface area contributed by atoms with Crippen molar-refractivity contribution in [2.45, 2.75) is 26.4 Å². The molecular weight excluding hydrogens is 387 g/mol. The standard InChI is InChI=1S/C23H21FN2O2S/c1-3-14-4-9-19-17(10-14)21-18(12-25-19)20(15-5-7-16(24)8-6-15)22(29-21)23(28)26-11-13(2)27/h4-10,12-13,27H,3,11H2,1-2H3,(H,26,28)/t13-/m1/s1. The van der Waals surface area contributed by atoms with Crippen LogP contribution < -0.4 is 5.32 Å². The number of nitrogens with one attached hydrogen (secondary N) is 1. The quantitative estimate of drug-likeness (QED) is 0.492. The van der Waals surface area contributed by atoms with Crippen molar-refractivity contribution in [3.8, 4) is 11.1 Å². The Morgan fingerprint density at radius 1 is 1.21 bits per heavy atom. The van der Waals surface area contributed by atoms with Crippen molar-refractivity contribution >= 4 is 38.2 Å². The lowest BCUT2D eigenvalue weighted by Gasteiger charge is -2.08. The molecule has 0 aliphatic carbocycles. The van der Waals surface area contributed by atoms with E-state index in [0.29, 0.717) is 4.88 Å². The summed E-state index contributed by atoms with van der Waals surface area (Å²) in [6.45, 7) is 3.88. The van der Waals surface area contributed by atoms with Crippen LogP contribution in [0.2, 0.25) is 0 Å². The maximum absolute atomic E-state index is 13.5. The predicted molar refractivity (Wildman–Crippen MR) is 116 cm³/mol. The Bertz CT molecular complexity index is 1200. The molecule has 2 heterocycles. The van der Waals surface area contributed by atoms with Crippen molar-refractivity contribution in [2.24, 2.45) is 0 Å². The molecule has 0 saturated heterocycles. The summed E-state index contributed by atoms with van der Waals surface area (Å²) in [5, 5.41) is 14.2. The second kappa shape index (κ2) is 7.89. The fraction of sp³-hybridized carbons (Fsp3) is 0.217. The van der Waals surface area contributed by atoms with E-state index in [4.69, 9.17) is 0 Å². The molecule has 0 bridgehead atoms. The second-order valence-corrected chi connectivity index (χ2v) is 8.10. The van der Waals surface area contributed by atoms with Crippen molar-refractivity contribution in [3.05, 3.63) is 64.9 Å². The van der Waals surface area contributed by atoms with Gasteiger partial charge in [0.1, 0.15) is 10.7 Å². The van der Waals surface area contributed by atoms with Crippen LogP contribution in [0.1, 0.15) is 29.1 Å². The summed E-state index contributed by atoms with van der Waals surface area (Å²) in [5.74, 6) is -0.587. The summed E-state index contributed by atoms with van der Waals surface area (Å²) in [5.41, 5.74) is 3.57. The molecule has 148 valence electrons. The lowest BCUT2D eigenvalue weighted by molar-refractivity contribution is 0.0928. The topological polar surface area (TPSA) is 62.2 Å². The van der Waals surface area contributed by atoms with Crippen LogP contribution in [0.25, 0.3) is 32.1 Å². The van der Waals surface area contributed by atoms with E-state index in [9.17, 15) is 14.3 Å². The number of aromatic nitrogens is 1. The molecule has 1 amide bonds. The van der Waals surface area contributed by atoms with Crippen molar-refractivity contribution in [3.63, 3.8) is 0 Å². The van der Waals surface area contributed by atoms with Gasteiger partial charge < -0.3 is 10.4 Å². The monoisotopic (exact) mass is 408 g/mol. The summed E-state index contributed by atoms with van der Waals surface area (Å²) in [6.07, 6.45) is 2.05. The zero-order valence-electron chi connectivity index (χ0n) is 16.2. The van der Waals surface area contributed by atoms with E-state index in [-0.39, 0.29) is 18.3 Å². The van der Waals surface area contributed by atoms with E-state index in [1.165, 1.54) is 29.0 Å². The van der Waals surface area contributed by atoms with E-state index >= 15 is 0 Å². The highest BCUT2D eigenvalue weighted by molar-refractivity contribution is 7.22. The van der Waals surface area contributed by atoms with Gasteiger partial charge in [0.05, 0.1) is 11.6 Å². The van der Waals surface area contributed by atoms with Gasteiger partial charge in [-0.1, -0.05) is 25.1 Å². The molecule has 0 aliphatic rings. The summed E-state index contributed by atoms with van der Waals surface area (Å²) < 4.78 is 14.5. The Morgan fingerprint density at radius 3 is 2.66 bits per heavy atom. The number of hydrogen-bond donors (Lipinski definition) is 2. The lowest BCUT2D eigenvalue weighted by atomic mass is 10.0. The SMILES string of the molecule is CCc1ccc2ncc3c(-c4ccc(F)cc4)c(C(=O)NC[C@@H](C)O)sc3c2c1. The summed E-state index contributed by atoms with van der Waals surface area (Å²) in [4.78, 5) is 18.1. The van der Waals surface area contributed by atoms with Gasteiger partial charge in [0.25, 0.3) is 5.91 Å². The molecule has 0 saturated carbocycles. The number of rotatable bonds is 5. The minimum Gasteiger partial charge on any atom is -0.392 e. The van der Waals surface area contributed by atoms with Gasteiger partial charge in [-0.25, -0.2) is 4.39 Å². The molecule has 29 heavy (non-hydrogen) atoms. The number of nitrogens with zero attached hydrogens (tertiary/aromatic N) is 1. The van der Waals surface area contributed by atoms with Gasteiger partial charge in [-0.15, -0.1) is 11.3 Å². The van der Waals surface area contributed by atoms with Crippen LogP contribution in [0.4, 0.5) is 4.39 Å². The van der Waals surface area contributed by atoms with Gasteiger partial charge in [-0.05, 0) is 48.7 Å². The van der Waals surface area contributed by atoms with Crippen molar-refractivity contribution < 1.29 is 14.3 Å². The van der Waals surface area contributed by atoms with Crippen LogP contribution in [-0.4, -0.2) is 28.6 Å². The van der Waals surface area contributed by atoms with Crippen LogP contribution in [-0.2, 0) is 6.42 Å². The highest BCUT2D eigenvalue weighted by Gasteiger charge is 2.22. The van der Waals surface area contributed by atoms with Crippen molar-refractivity contribution in [1.29, 1.82) is 0 Å². The van der Waals surface area contributed by atoms with E-state index < -0.39 is 6.10 Å². The Kier molecular flexibility index (Phi) is 5.30. The van der Waals surface area contributed by atoms with Crippen LogP contribution in [0, 0.1) is 5.82 Å². The number of amides is 1. The summed E-state index contributed by atoms with van der Waals surface area (Å²) in [6, 6.07) is 12.3. The van der Waals surface area contributed by atoms with Gasteiger partial charge in [0.15, 0.2) is 0 Å². The lowest BCUT2D eigenvalue weighted by Crippen LogP contribution is -2.30. The number of benzene rings is 2. The minimum absolute atomic E-state index is 0.162. The number of aryl methyl sites for hydroxylation is 1. The first-order valence-corrected chi connectivity index (χ1v) is 10.4. The Hall–Kier alpha value is -2.83. The Morgan fingerprint density at radius 2 is 1.97 bits per heavy atom. The molecule has 0 radical (unpaired) electrons. The third kappa shape index (κ3) is 3.73. The first-order valence-electron chi connectivity index (χ1n) is 9.54. The fourth-order valence-corrected chi connectivity index (χ4v) is 4.62. The highest BCUT2D eigenvalue weighted by Crippen LogP contribution is 2.41. The number of aliphatic hydroxyl groups excluding tert-OH is 1. The van der Waals surface area contributed by atoms with Crippen LogP contribution >= 0.6 is 11.3 Å². The molecule has 4 rings (SSSR count). The molecule has 2 N–H and O–H groups in total. The van der Waals surface area contributed by atoms with Gasteiger partial charge in [0, 0.05) is 33.8 Å². The molecular formula is C23H21FN2O2S. The Balaban J connectivity index is 1.98. The minimum atomic E-state index is -0.641.